The molecule has 3 nitrogen and oxygen atoms in total. The SMILES string of the molecule is CN1C(N)CCCC1c1cccnc1. The van der Waals surface area contributed by atoms with Crippen molar-refractivity contribution in [3.8, 4) is 0 Å². The van der Waals surface area contributed by atoms with Crippen LogP contribution in [0.15, 0.2) is 24.5 Å². The first-order valence-electron chi connectivity index (χ1n) is 5.16. The summed E-state index contributed by atoms with van der Waals surface area (Å²) in [5.41, 5.74) is 7.29. The van der Waals surface area contributed by atoms with E-state index in [0.717, 1.165) is 6.42 Å². The van der Waals surface area contributed by atoms with Gasteiger partial charge in [0.25, 0.3) is 0 Å². The van der Waals surface area contributed by atoms with Crippen LogP contribution in [0, 0.1) is 0 Å². The minimum absolute atomic E-state index is 0.203. The van der Waals surface area contributed by atoms with Gasteiger partial charge in [-0.15, -0.1) is 0 Å². The van der Waals surface area contributed by atoms with E-state index in [1.807, 2.05) is 18.5 Å². The molecule has 1 aliphatic heterocycles. The number of nitrogens with zero attached hydrogens (tertiary/aromatic N) is 2. The van der Waals surface area contributed by atoms with Gasteiger partial charge in [0.05, 0.1) is 6.17 Å². The number of nitrogens with two attached hydrogens (primary N) is 1. The second-order valence-corrected chi connectivity index (χ2v) is 3.97. The van der Waals surface area contributed by atoms with Gasteiger partial charge in [0.1, 0.15) is 0 Å². The zero-order chi connectivity index (χ0) is 9.97. The molecule has 0 spiro atoms. The lowest BCUT2D eigenvalue weighted by atomic mass is 9.95. The third-order valence-corrected chi connectivity index (χ3v) is 3.06. The van der Waals surface area contributed by atoms with Gasteiger partial charge in [-0.3, -0.25) is 9.88 Å². The summed E-state index contributed by atoms with van der Waals surface area (Å²) in [6.07, 6.45) is 7.47. The van der Waals surface area contributed by atoms with Gasteiger partial charge in [0, 0.05) is 18.4 Å². The monoisotopic (exact) mass is 191 g/mol. The number of hydrogen-bond donors (Lipinski definition) is 1. The molecule has 2 atom stereocenters. The second-order valence-electron chi connectivity index (χ2n) is 3.97. The lowest BCUT2D eigenvalue weighted by Crippen LogP contribution is -2.44. The maximum atomic E-state index is 6.01. The van der Waals surface area contributed by atoms with Crippen molar-refractivity contribution < 1.29 is 0 Å². The molecule has 76 valence electrons. The Balaban J connectivity index is 2.17. The summed E-state index contributed by atoms with van der Waals surface area (Å²) in [5.74, 6) is 0. The predicted octanol–water partition coefficient (Wildman–Crippen LogP) is 1.52. The zero-order valence-corrected chi connectivity index (χ0v) is 8.56. The molecule has 0 aliphatic carbocycles. The van der Waals surface area contributed by atoms with Crippen LogP contribution in [-0.2, 0) is 0 Å². The summed E-state index contributed by atoms with van der Waals surface area (Å²) in [7, 11) is 2.10. The van der Waals surface area contributed by atoms with E-state index in [4.69, 9.17) is 5.73 Å². The summed E-state index contributed by atoms with van der Waals surface area (Å²) >= 11 is 0. The molecule has 0 bridgehead atoms. The number of pyridine rings is 1. The van der Waals surface area contributed by atoms with E-state index in [1.165, 1.54) is 18.4 Å². The average molecular weight is 191 g/mol. The Morgan fingerprint density at radius 1 is 1.50 bits per heavy atom. The number of hydrogen-bond acceptors (Lipinski definition) is 3. The smallest absolute Gasteiger partial charge is 0.0574 e. The van der Waals surface area contributed by atoms with Crippen molar-refractivity contribution in [2.45, 2.75) is 31.5 Å². The third-order valence-electron chi connectivity index (χ3n) is 3.06. The van der Waals surface area contributed by atoms with Gasteiger partial charge < -0.3 is 5.73 Å². The highest BCUT2D eigenvalue weighted by molar-refractivity contribution is 5.14. The molecule has 2 unspecified atom stereocenters. The first-order valence-corrected chi connectivity index (χ1v) is 5.16. The van der Waals surface area contributed by atoms with Crippen LogP contribution in [0.5, 0.6) is 0 Å². The Hall–Kier alpha value is -0.930. The number of rotatable bonds is 1. The number of aromatic nitrogens is 1. The van der Waals surface area contributed by atoms with E-state index in [-0.39, 0.29) is 6.17 Å². The minimum atomic E-state index is 0.203. The van der Waals surface area contributed by atoms with Crippen LogP contribution in [0.1, 0.15) is 30.9 Å². The lowest BCUT2D eigenvalue weighted by molar-refractivity contribution is 0.118. The van der Waals surface area contributed by atoms with Gasteiger partial charge in [-0.2, -0.15) is 0 Å². The Morgan fingerprint density at radius 3 is 3.07 bits per heavy atom. The maximum Gasteiger partial charge on any atom is 0.0574 e. The summed E-state index contributed by atoms with van der Waals surface area (Å²) < 4.78 is 0. The molecule has 1 saturated heterocycles. The Morgan fingerprint density at radius 2 is 2.36 bits per heavy atom. The molecule has 14 heavy (non-hydrogen) atoms. The highest BCUT2D eigenvalue weighted by Crippen LogP contribution is 2.30. The first kappa shape index (κ1) is 9.62. The van der Waals surface area contributed by atoms with Gasteiger partial charge in [0.2, 0.25) is 0 Å². The van der Waals surface area contributed by atoms with Crippen LogP contribution in [0.25, 0.3) is 0 Å². The Bertz CT molecular complexity index is 286. The molecule has 2 N–H and O–H groups in total. The fourth-order valence-electron chi connectivity index (χ4n) is 2.13. The molecule has 1 aromatic heterocycles. The standard InChI is InChI=1S/C11H17N3/c1-14-10(5-2-6-11(14)12)9-4-3-7-13-8-9/h3-4,7-8,10-11H,2,5-6,12H2,1H3. The number of piperidine rings is 1. The molecule has 0 saturated carbocycles. The van der Waals surface area contributed by atoms with E-state index < -0.39 is 0 Å². The van der Waals surface area contributed by atoms with Gasteiger partial charge in [-0.05, 0) is 37.9 Å². The molecule has 0 aromatic carbocycles. The molecule has 1 fully saturated rings. The highest BCUT2D eigenvalue weighted by atomic mass is 15.2. The van der Waals surface area contributed by atoms with Gasteiger partial charge in [0.15, 0.2) is 0 Å². The minimum Gasteiger partial charge on any atom is -0.316 e. The van der Waals surface area contributed by atoms with Crippen molar-refractivity contribution >= 4 is 0 Å². The lowest BCUT2D eigenvalue weighted by Gasteiger charge is -2.37. The molecule has 3 heteroatoms. The topological polar surface area (TPSA) is 42.1 Å². The summed E-state index contributed by atoms with van der Waals surface area (Å²) in [6, 6.07) is 4.57. The molecular weight excluding hydrogens is 174 g/mol. The Kier molecular flexibility index (Phi) is 2.79. The molecule has 2 rings (SSSR count). The van der Waals surface area contributed by atoms with Crippen molar-refractivity contribution in [3.05, 3.63) is 30.1 Å². The molecule has 0 radical (unpaired) electrons. The van der Waals surface area contributed by atoms with E-state index in [9.17, 15) is 0 Å². The van der Waals surface area contributed by atoms with Crippen LogP contribution in [0.2, 0.25) is 0 Å². The van der Waals surface area contributed by atoms with Crippen molar-refractivity contribution in [1.82, 2.24) is 9.88 Å². The fraction of sp³-hybridized carbons (Fsp3) is 0.545. The predicted molar refractivity (Wildman–Crippen MR) is 56.6 cm³/mol. The van der Waals surface area contributed by atoms with E-state index >= 15 is 0 Å². The quantitative estimate of drug-likeness (QED) is 0.732. The van der Waals surface area contributed by atoms with Gasteiger partial charge >= 0.3 is 0 Å². The van der Waals surface area contributed by atoms with Crippen molar-refractivity contribution in [2.75, 3.05) is 7.05 Å². The normalized spacial score (nSPS) is 29.0. The molecule has 1 aromatic rings. The first-order chi connectivity index (χ1) is 6.79. The maximum absolute atomic E-state index is 6.01. The second kappa shape index (κ2) is 4.07. The van der Waals surface area contributed by atoms with E-state index in [2.05, 4.69) is 23.0 Å². The van der Waals surface area contributed by atoms with E-state index in [1.54, 1.807) is 0 Å². The largest absolute Gasteiger partial charge is 0.316 e. The van der Waals surface area contributed by atoms with Crippen LogP contribution >= 0.6 is 0 Å². The van der Waals surface area contributed by atoms with Crippen LogP contribution in [0.3, 0.4) is 0 Å². The van der Waals surface area contributed by atoms with Crippen molar-refractivity contribution in [2.24, 2.45) is 5.73 Å². The van der Waals surface area contributed by atoms with Crippen molar-refractivity contribution in [3.63, 3.8) is 0 Å². The number of likely N-dealkylation sites (tertiary alicyclic amines) is 1. The summed E-state index contributed by atoms with van der Waals surface area (Å²) in [5, 5.41) is 0. The summed E-state index contributed by atoms with van der Waals surface area (Å²) in [4.78, 5) is 6.40. The van der Waals surface area contributed by atoms with Gasteiger partial charge in [-0.1, -0.05) is 6.07 Å². The highest BCUT2D eigenvalue weighted by Gasteiger charge is 2.25. The van der Waals surface area contributed by atoms with Crippen LogP contribution < -0.4 is 5.73 Å². The van der Waals surface area contributed by atoms with Gasteiger partial charge in [-0.25, -0.2) is 0 Å². The van der Waals surface area contributed by atoms with E-state index in [0.29, 0.717) is 6.04 Å². The third kappa shape index (κ3) is 1.79. The molecule has 0 amide bonds. The van der Waals surface area contributed by atoms with Crippen molar-refractivity contribution in [1.29, 1.82) is 0 Å². The zero-order valence-electron chi connectivity index (χ0n) is 8.56. The Labute approximate surface area is 84.9 Å². The average Bonchev–Trinajstić information content (AvgIpc) is 2.23. The fourth-order valence-corrected chi connectivity index (χ4v) is 2.13. The summed E-state index contributed by atoms with van der Waals surface area (Å²) in [6.45, 7) is 0. The molecular formula is C11H17N3. The van der Waals surface area contributed by atoms with Crippen LogP contribution in [-0.4, -0.2) is 23.1 Å². The van der Waals surface area contributed by atoms with Crippen LogP contribution in [0.4, 0.5) is 0 Å². The molecule has 1 aliphatic rings. The molecule has 2 heterocycles.